The second-order valence-electron chi connectivity index (χ2n) is 8.16. The predicted molar refractivity (Wildman–Crippen MR) is 93.8 cm³/mol. The Morgan fingerprint density at radius 2 is 1.96 bits per heavy atom. The van der Waals surface area contributed by atoms with Crippen molar-refractivity contribution < 1.29 is 14.6 Å². The van der Waals surface area contributed by atoms with Crippen LogP contribution < -0.4 is 0 Å². The quantitative estimate of drug-likeness (QED) is 0.720. The van der Waals surface area contributed by atoms with Crippen molar-refractivity contribution in [2.45, 2.75) is 57.4 Å². The van der Waals surface area contributed by atoms with Crippen LogP contribution in [0, 0.1) is 11.3 Å². The summed E-state index contributed by atoms with van der Waals surface area (Å²) in [6, 6.07) is 0.585. The van der Waals surface area contributed by atoms with Crippen molar-refractivity contribution in [1.82, 2.24) is 9.80 Å². The van der Waals surface area contributed by atoms with Crippen molar-refractivity contribution in [3.63, 3.8) is 0 Å². The van der Waals surface area contributed by atoms with Crippen LogP contribution in [0.2, 0.25) is 0 Å². The molecule has 138 valence electrons. The Labute approximate surface area is 146 Å². The van der Waals surface area contributed by atoms with E-state index in [1.165, 1.54) is 6.42 Å². The number of carbonyl (C=O) groups is 1. The molecule has 3 rings (SSSR count). The van der Waals surface area contributed by atoms with Crippen molar-refractivity contribution in [3.8, 4) is 0 Å². The van der Waals surface area contributed by atoms with Gasteiger partial charge in [-0.15, -0.1) is 0 Å². The van der Waals surface area contributed by atoms with Crippen molar-refractivity contribution in [2.75, 3.05) is 46.5 Å². The number of aliphatic hydroxyl groups excluding tert-OH is 1. The van der Waals surface area contributed by atoms with Crippen LogP contribution in [0.1, 0.15) is 51.4 Å². The van der Waals surface area contributed by atoms with Crippen molar-refractivity contribution in [3.05, 3.63) is 0 Å². The Bertz CT molecular complexity index is 419. The van der Waals surface area contributed by atoms with Gasteiger partial charge in [-0.1, -0.05) is 0 Å². The molecular formula is C19H34N2O3. The van der Waals surface area contributed by atoms with Crippen molar-refractivity contribution in [1.29, 1.82) is 0 Å². The van der Waals surface area contributed by atoms with Crippen LogP contribution in [0.4, 0.5) is 0 Å². The maximum absolute atomic E-state index is 12.2. The van der Waals surface area contributed by atoms with Gasteiger partial charge in [0.1, 0.15) is 0 Å². The van der Waals surface area contributed by atoms with Crippen molar-refractivity contribution in [2.24, 2.45) is 11.3 Å². The molecule has 1 N–H and O–H groups in total. The van der Waals surface area contributed by atoms with E-state index in [-0.39, 0.29) is 12.0 Å². The highest BCUT2D eigenvalue weighted by Crippen LogP contribution is 2.37. The number of rotatable bonds is 7. The largest absolute Gasteiger partial charge is 0.396 e. The molecule has 2 aliphatic heterocycles. The summed E-state index contributed by atoms with van der Waals surface area (Å²) in [6.45, 7) is 5.07. The van der Waals surface area contributed by atoms with Crippen LogP contribution in [0.25, 0.3) is 0 Å². The minimum atomic E-state index is 0.0533. The van der Waals surface area contributed by atoms with Crippen LogP contribution in [0.3, 0.4) is 0 Å². The molecule has 5 heteroatoms. The molecule has 1 aliphatic carbocycles. The summed E-state index contributed by atoms with van der Waals surface area (Å²) in [4.78, 5) is 16.9. The van der Waals surface area contributed by atoms with E-state index in [1.807, 2.05) is 0 Å². The highest BCUT2D eigenvalue weighted by molar-refractivity contribution is 5.81. The van der Waals surface area contributed by atoms with Gasteiger partial charge >= 0.3 is 0 Å². The zero-order chi connectivity index (χ0) is 17.0. The SMILES string of the molecule is COCCCC1(CO)CCCN(C2CCN(C(=O)C3CC3)CC2)C1. The van der Waals surface area contributed by atoms with Gasteiger partial charge in [0.15, 0.2) is 0 Å². The summed E-state index contributed by atoms with van der Waals surface area (Å²) in [5.41, 5.74) is 0.0533. The maximum atomic E-state index is 12.2. The van der Waals surface area contributed by atoms with E-state index in [2.05, 4.69) is 9.80 Å². The van der Waals surface area contributed by atoms with Gasteiger partial charge in [0.25, 0.3) is 0 Å². The average molecular weight is 338 g/mol. The first-order valence-corrected chi connectivity index (χ1v) is 9.80. The number of carbonyl (C=O) groups excluding carboxylic acids is 1. The van der Waals surface area contributed by atoms with E-state index in [1.54, 1.807) is 7.11 Å². The molecule has 1 atom stereocenters. The fraction of sp³-hybridized carbons (Fsp3) is 0.947. The van der Waals surface area contributed by atoms with Gasteiger partial charge in [0, 0.05) is 57.3 Å². The van der Waals surface area contributed by atoms with Crippen LogP contribution in [0.5, 0.6) is 0 Å². The number of hydrogen-bond acceptors (Lipinski definition) is 4. The van der Waals surface area contributed by atoms with Gasteiger partial charge < -0.3 is 14.7 Å². The third kappa shape index (κ3) is 4.30. The molecule has 0 spiro atoms. The number of aliphatic hydroxyl groups is 1. The molecule has 1 amide bonds. The molecule has 2 heterocycles. The topological polar surface area (TPSA) is 53.0 Å². The normalized spacial score (nSPS) is 29.8. The second kappa shape index (κ2) is 8.15. The first-order chi connectivity index (χ1) is 11.7. The summed E-state index contributed by atoms with van der Waals surface area (Å²) in [6.07, 6.45) is 8.77. The van der Waals surface area contributed by atoms with E-state index < -0.39 is 0 Å². The summed E-state index contributed by atoms with van der Waals surface area (Å²) < 4.78 is 5.19. The molecule has 1 saturated carbocycles. The molecule has 3 aliphatic rings. The predicted octanol–water partition coefficient (Wildman–Crippen LogP) is 1.89. The molecule has 0 aromatic heterocycles. The molecule has 0 aromatic rings. The number of ether oxygens (including phenoxy) is 1. The van der Waals surface area contributed by atoms with Gasteiger partial charge in [0.05, 0.1) is 0 Å². The lowest BCUT2D eigenvalue weighted by Gasteiger charge is -2.47. The molecule has 24 heavy (non-hydrogen) atoms. The summed E-state index contributed by atoms with van der Waals surface area (Å²) in [5, 5.41) is 10.0. The first kappa shape index (κ1) is 18.2. The standard InChI is InChI=1S/C19H34N2O3/c1-24-13-3-9-19(15-22)8-2-10-21(14-19)17-6-11-20(12-7-17)18(23)16-4-5-16/h16-17,22H,2-15H2,1H3. The van der Waals surface area contributed by atoms with Crippen LogP contribution in [-0.4, -0.2) is 73.4 Å². The van der Waals surface area contributed by atoms with Crippen molar-refractivity contribution >= 4 is 5.91 Å². The molecule has 0 aromatic carbocycles. The third-order valence-electron chi connectivity index (χ3n) is 6.30. The van der Waals surface area contributed by atoms with Gasteiger partial charge in [0.2, 0.25) is 5.91 Å². The Morgan fingerprint density at radius 1 is 1.21 bits per heavy atom. The van der Waals surface area contributed by atoms with Gasteiger partial charge in [-0.2, -0.15) is 0 Å². The highest BCUT2D eigenvalue weighted by Gasteiger charge is 2.39. The first-order valence-electron chi connectivity index (χ1n) is 9.80. The van der Waals surface area contributed by atoms with E-state index in [9.17, 15) is 9.90 Å². The Hall–Kier alpha value is -0.650. The number of likely N-dealkylation sites (tertiary alicyclic amines) is 2. The number of methoxy groups -OCH3 is 1. The Kier molecular flexibility index (Phi) is 6.17. The lowest BCUT2D eigenvalue weighted by molar-refractivity contribution is -0.134. The Balaban J connectivity index is 1.50. The third-order valence-corrected chi connectivity index (χ3v) is 6.30. The molecular weight excluding hydrogens is 304 g/mol. The molecule has 0 bridgehead atoms. The number of piperidine rings is 2. The van der Waals surface area contributed by atoms with Crippen LogP contribution in [0.15, 0.2) is 0 Å². The average Bonchev–Trinajstić information content (AvgIpc) is 3.47. The van der Waals surface area contributed by atoms with Crippen LogP contribution >= 0.6 is 0 Å². The minimum Gasteiger partial charge on any atom is -0.396 e. The van der Waals surface area contributed by atoms with Gasteiger partial charge in [-0.3, -0.25) is 9.69 Å². The zero-order valence-electron chi connectivity index (χ0n) is 15.2. The lowest BCUT2D eigenvalue weighted by atomic mass is 9.76. The fourth-order valence-electron chi connectivity index (χ4n) is 4.60. The fourth-order valence-corrected chi connectivity index (χ4v) is 4.60. The smallest absolute Gasteiger partial charge is 0.225 e. The van der Waals surface area contributed by atoms with E-state index in [4.69, 9.17) is 4.74 Å². The second-order valence-corrected chi connectivity index (χ2v) is 8.16. The van der Waals surface area contributed by atoms with Crippen LogP contribution in [-0.2, 0) is 9.53 Å². The van der Waals surface area contributed by atoms with E-state index in [0.717, 1.165) is 77.7 Å². The van der Waals surface area contributed by atoms with Gasteiger partial charge in [-0.25, -0.2) is 0 Å². The summed E-state index contributed by atoms with van der Waals surface area (Å²) >= 11 is 0. The number of amides is 1. The molecule has 3 fully saturated rings. The number of nitrogens with zero attached hydrogens (tertiary/aromatic N) is 2. The van der Waals surface area contributed by atoms with Gasteiger partial charge in [-0.05, 0) is 57.9 Å². The monoisotopic (exact) mass is 338 g/mol. The van der Waals surface area contributed by atoms with E-state index in [0.29, 0.717) is 17.9 Å². The summed E-state index contributed by atoms with van der Waals surface area (Å²) in [7, 11) is 1.75. The molecule has 1 unspecified atom stereocenters. The number of hydrogen-bond donors (Lipinski definition) is 1. The molecule has 2 saturated heterocycles. The highest BCUT2D eigenvalue weighted by atomic mass is 16.5. The maximum Gasteiger partial charge on any atom is 0.225 e. The molecule has 5 nitrogen and oxygen atoms in total. The lowest BCUT2D eigenvalue weighted by Crippen LogP contribution is -2.53. The zero-order valence-corrected chi connectivity index (χ0v) is 15.2. The molecule has 0 radical (unpaired) electrons. The van der Waals surface area contributed by atoms with E-state index >= 15 is 0 Å². The summed E-state index contributed by atoms with van der Waals surface area (Å²) in [5.74, 6) is 0.746. The minimum absolute atomic E-state index is 0.0533. The Morgan fingerprint density at radius 3 is 2.58 bits per heavy atom.